The van der Waals surface area contributed by atoms with Crippen molar-refractivity contribution in [2.75, 3.05) is 16.3 Å². The molecule has 0 saturated heterocycles. The molecule has 0 saturated carbocycles. The minimum atomic E-state index is -4.02. The monoisotopic (exact) mass is 488 g/mol. The van der Waals surface area contributed by atoms with E-state index in [4.69, 9.17) is 11.6 Å². The number of carboxylic acids is 1. The molecule has 0 aliphatic carbocycles. The minimum Gasteiger partial charge on any atom is -0.481 e. The second kappa shape index (κ2) is 8.68. The van der Waals surface area contributed by atoms with E-state index in [1.165, 1.54) is 34.6 Å². The van der Waals surface area contributed by atoms with E-state index in [2.05, 4.69) is 0 Å². The Morgan fingerprint density at radius 2 is 1.79 bits per heavy atom. The van der Waals surface area contributed by atoms with Crippen molar-refractivity contribution in [3.63, 3.8) is 0 Å². The van der Waals surface area contributed by atoms with Crippen LogP contribution in [-0.2, 0) is 14.8 Å². The molecule has 3 aromatic rings. The minimum absolute atomic E-state index is 0.0591. The molecule has 172 valence electrons. The normalized spacial score (nSPS) is 17.6. The number of carbonyl (C=O) groups is 1. The van der Waals surface area contributed by atoms with Crippen LogP contribution in [0.2, 0.25) is 5.02 Å². The highest BCUT2D eigenvalue weighted by atomic mass is 35.5. The van der Waals surface area contributed by atoms with Gasteiger partial charge in [0.1, 0.15) is 5.82 Å². The Labute approximate surface area is 196 Å². The number of halogens is 2. The van der Waals surface area contributed by atoms with E-state index < -0.39 is 33.8 Å². The molecular weight excluding hydrogens is 467 g/mol. The summed E-state index contributed by atoms with van der Waals surface area (Å²) in [7, 11) is -2.17. The molecular formula is C24H22ClFN2O4S. The average Bonchev–Trinajstić information content (AvgIpc) is 3.04. The van der Waals surface area contributed by atoms with Gasteiger partial charge in [-0.05, 0) is 73.2 Å². The first-order chi connectivity index (χ1) is 15.6. The number of rotatable bonds is 6. The van der Waals surface area contributed by atoms with Crippen LogP contribution in [-0.4, -0.2) is 32.6 Å². The Kier molecular flexibility index (Phi) is 6.07. The van der Waals surface area contributed by atoms with E-state index in [-0.39, 0.29) is 11.3 Å². The number of hydrogen-bond donors (Lipinski definition) is 1. The van der Waals surface area contributed by atoms with Crippen LogP contribution in [0, 0.1) is 5.82 Å². The molecule has 1 N–H and O–H groups in total. The molecule has 4 rings (SSSR count). The summed E-state index contributed by atoms with van der Waals surface area (Å²) in [6, 6.07) is 16.8. The van der Waals surface area contributed by atoms with Crippen molar-refractivity contribution in [3.8, 4) is 0 Å². The standard InChI is InChI=1S/C24H22ClFN2O4S/c1-15-21(14-24(29)30)22-13-17(26)6-11-23(22)28(15)33(31,32)20-9-7-18(8-10-20)27(2)19-5-3-4-16(25)12-19/h3-13,15,21H,14H2,1-2H3,(H,29,30). The van der Waals surface area contributed by atoms with Crippen LogP contribution >= 0.6 is 11.6 Å². The van der Waals surface area contributed by atoms with Gasteiger partial charge in [-0.15, -0.1) is 0 Å². The maximum atomic E-state index is 13.9. The number of anilines is 3. The highest BCUT2D eigenvalue weighted by molar-refractivity contribution is 7.92. The summed E-state index contributed by atoms with van der Waals surface area (Å²) in [4.78, 5) is 13.3. The van der Waals surface area contributed by atoms with Crippen molar-refractivity contribution in [1.29, 1.82) is 0 Å². The van der Waals surface area contributed by atoms with Crippen molar-refractivity contribution in [1.82, 2.24) is 0 Å². The quantitative estimate of drug-likeness (QED) is 0.502. The summed E-state index contributed by atoms with van der Waals surface area (Å²) < 4.78 is 42.2. The number of hydrogen-bond acceptors (Lipinski definition) is 4. The predicted molar refractivity (Wildman–Crippen MR) is 126 cm³/mol. The topological polar surface area (TPSA) is 77.9 Å². The van der Waals surface area contributed by atoms with E-state index in [0.29, 0.717) is 16.3 Å². The maximum Gasteiger partial charge on any atom is 0.304 e. The van der Waals surface area contributed by atoms with Crippen LogP contribution in [0.25, 0.3) is 0 Å². The lowest BCUT2D eigenvalue weighted by Crippen LogP contribution is -2.37. The molecule has 0 amide bonds. The highest BCUT2D eigenvalue weighted by Crippen LogP contribution is 2.46. The smallest absolute Gasteiger partial charge is 0.304 e. The van der Waals surface area contributed by atoms with Crippen molar-refractivity contribution in [2.24, 2.45) is 0 Å². The average molecular weight is 489 g/mol. The second-order valence-electron chi connectivity index (χ2n) is 7.98. The van der Waals surface area contributed by atoms with E-state index in [0.717, 1.165) is 11.4 Å². The molecule has 0 bridgehead atoms. The summed E-state index contributed by atoms with van der Waals surface area (Å²) in [6.07, 6.45) is -0.299. The number of aliphatic carboxylic acids is 1. The Morgan fingerprint density at radius 3 is 2.42 bits per heavy atom. The lowest BCUT2D eigenvalue weighted by molar-refractivity contribution is -0.137. The third kappa shape index (κ3) is 4.28. The zero-order valence-corrected chi connectivity index (χ0v) is 19.5. The molecule has 2 unspecified atom stereocenters. The van der Waals surface area contributed by atoms with Gasteiger partial charge in [0.05, 0.1) is 23.0 Å². The Balaban J connectivity index is 1.69. The van der Waals surface area contributed by atoms with Crippen molar-refractivity contribution >= 4 is 44.7 Å². The highest BCUT2D eigenvalue weighted by Gasteiger charge is 2.43. The first-order valence-corrected chi connectivity index (χ1v) is 12.1. The zero-order valence-electron chi connectivity index (χ0n) is 17.9. The molecule has 6 nitrogen and oxygen atoms in total. The van der Waals surface area contributed by atoms with Crippen LogP contribution in [0.4, 0.5) is 21.5 Å². The van der Waals surface area contributed by atoms with Gasteiger partial charge in [-0.1, -0.05) is 17.7 Å². The number of fused-ring (bicyclic) bond motifs is 1. The molecule has 9 heteroatoms. The first-order valence-electron chi connectivity index (χ1n) is 10.2. The van der Waals surface area contributed by atoms with Crippen molar-refractivity contribution < 1.29 is 22.7 Å². The van der Waals surface area contributed by atoms with Crippen LogP contribution in [0.15, 0.2) is 71.6 Å². The van der Waals surface area contributed by atoms with E-state index in [9.17, 15) is 22.7 Å². The van der Waals surface area contributed by atoms with Gasteiger partial charge in [-0.25, -0.2) is 12.8 Å². The lowest BCUT2D eigenvalue weighted by atomic mass is 9.93. The summed E-state index contributed by atoms with van der Waals surface area (Å²) >= 11 is 6.07. The Hall–Kier alpha value is -3.10. The van der Waals surface area contributed by atoms with Gasteiger partial charge in [0.2, 0.25) is 0 Å². The number of benzene rings is 3. The molecule has 2 atom stereocenters. The fourth-order valence-electron chi connectivity index (χ4n) is 4.27. The number of nitrogens with zero attached hydrogens (tertiary/aromatic N) is 2. The molecule has 0 aromatic heterocycles. The Morgan fingerprint density at radius 1 is 1.09 bits per heavy atom. The third-order valence-corrected chi connectivity index (χ3v) is 8.10. The number of sulfonamides is 1. The molecule has 3 aromatic carbocycles. The molecule has 1 aliphatic heterocycles. The SMILES string of the molecule is CC1C(CC(=O)O)c2cc(F)ccc2N1S(=O)(=O)c1ccc(N(C)c2cccc(Cl)c2)cc1. The fraction of sp³-hybridized carbons (Fsp3) is 0.208. The third-order valence-electron chi connectivity index (χ3n) is 5.95. The van der Waals surface area contributed by atoms with Gasteiger partial charge in [0.25, 0.3) is 10.0 Å². The van der Waals surface area contributed by atoms with Gasteiger partial charge in [-0.3, -0.25) is 9.10 Å². The molecule has 0 radical (unpaired) electrons. The van der Waals surface area contributed by atoms with E-state index in [1.807, 2.05) is 24.1 Å². The van der Waals surface area contributed by atoms with Crippen LogP contribution in [0.1, 0.15) is 24.8 Å². The second-order valence-corrected chi connectivity index (χ2v) is 10.2. The fourth-order valence-corrected chi connectivity index (χ4v) is 6.17. The molecule has 0 fully saturated rings. The molecule has 33 heavy (non-hydrogen) atoms. The lowest BCUT2D eigenvalue weighted by Gasteiger charge is -2.27. The largest absolute Gasteiger partial charge is 0.481 e. The van der Waals surface area contributed by atoms with Gasteiger partial charge < -0.3 is 10.0 Å². The Bertz CT molecular complexity index is 1310. The van der Waals surface area contributed by atoms with Crippen LogP contribution in [0.5, 0.6) is 0 Å². The molecule has 1 heterocycles. The van der Waals surface area contributed by atoms with Crippen molar-refractivity contribution in [3.05, 3.63) is 83.1 Å². The maximum absolute atomic E-state index is 13.9. The summed E-state index contributed by atoms with van der Waals surface area (Å²) in [5.41, 5.74) is 2.29. The van der Waals surface area contributed by atoms with Crippen LogP contribution < -0.4 is 9.21 Å². The first kappa shape index (κ1) is 23.1. The van der Waals surface area contributed by atoms with Gasteiger partial charge in [-0.2, -0.15) is 0 Å². The zero-order chi connectivity index (χ0) is 23.9. The van der Waals surface area contributed by atoms with Crippen LogP contribution in [0.3, 0.4) is 0 Å². The van der Waals surface area contributed by atoms with E-state index in [1.54, 1.807) is 31.2 Å². The molecule has 0 spiro atoms. The predicted octanol–water partition coefficient (Wildman–Crippen LogP) is 5.40. The molecule has 1 aliphatic rings. The summed E-state index contributed by atoms with van der Waals surface area (Å²) in [5, 5.41) is 9.90. The van der Waals surface area contributed by atoms with Gasteiger partial charge in [0, 0.05) is 29.4 Å². The summed E-state index contributed by atoms with van der Waals surface area (Å²) in [5.74, 6) is -2.27. The van der Waals surface area contributed by atoms with Gasteiger partial charge >= 0.3 is 5.97 Å². The van der Waals surface area contributed by atoms with Gasteiger partial charge in [0.15, 0.2) is 0 Å². The van der Waals surface area contributed by atoms with E-state index >= 15 is 0 Å². The number of carboxylic acid groups (broad SMARTS) is 1. The van der Waals surface area contributed by atoms with Crippen molar-refractivity contribution in [2.45, 2.75) is 30.2 Å². The summed E-state index contributed by atoms with van der Waals surface area (Å²) in [6.45, 7) is 1.64.